The lowest BCUT2D eigenvalue weighted by atomic mass is 9.96. The number of amides is 1. The Labute approximate surface area is 198 Å². The summed E-state index contributed by atoms with van der Waals surface area (Å²) in [6.07, 6.45) is 4.59. The third-order valence-electron chi connectivity index (χ3n) is 5.38. The summed E-state index contributed by atoms with van der Waals surface area (Å²) in [6, 6.07) is 10.1. The Bertz CT molecular complexity index is 1220. The number of nitro groups is 1. The van der Waals surface area contributed by atoms with Crippen LogP contribution in [0.4, 0.5) is 11.4 Å². The Morgan fingerprint density at radius 1 is 0.882 bits per heavy atom. The van der Waals surface area contributed by atoms with Gasteiger partial charge in [-0.15, -0.1) is 0 Å². The van der Waals surface area contributed by atoms with Crippen molar-refractivity contribution >= 4 is 37.3 Å². The van der Waals surface area contributed by atoms with Gasteiger partial charge in [0.05, 0.1) is 14.7 Å². The van der Waals surface area contributed by atoms with E-state index in [9.17, 15) is 31.7 Å². The van der Waals surface area contributed by atoms with Crippen molar-refractivity contribution in [3.8, 4) is 0 Å². The highest BCUT2D eigenvalue weighted by Gasteiger charge is 2.22. The second-order valence-electron chi connectivity index (χ2n) is 7.93. The van der Waals surface area contributed by atoms with Crippen molar-refractivity contribution in [2.24, 2.45) is 0 Å². The number of non-ortho nitro benzene ring substituents is 1. The summed E-state index contributed by atoms with van der Waals surface area (Å²) < 4.78 is 54.6. The molecule has 1 amide bonds. The van der Waals surface area contributed by atoms with Crippen molar-refractivity contribution < 1.29 is 26.6 Å². The van der Waals surface area contributed by atoms with Crippen LogP contribution in [0.15, 0.2) is 58.3 Å². The summed E-state index contributed by atoms with van der Waals surface area (Å²) >= 11 is 0. The molecule has 11 nitrogen and oxygen atoms in total. The van der Waals surface area contributed by atoms with Gasteiger partial charge < -0.3 is 5.32 Å². The van der Waals surface area contributed by atoms with Crippen LogP contribution in [0.3, 0.4) is 0 Å². The van der Waals surface area contributed by atoms with E-state index in [1.54, 1.807) is 0 Å². The van der Waals surface area contributed by atoms with Crippen molar-refractivity contribution in [3.05, 3.63) is 58.6 Å². The predicted molar refractivity (Wildman–Crippen MR) is 125 cm³/mol. The summed E-state index contributed by atoms with van der Waals surface area (Å²) in [4.78, 5) is 22.1. The monoisotopic (exact) mass is 510 g/mol. The molecule has 34 heavy (non-hydrogen) atoms. The van der Waals surface area contributed by atoms with Gasteiger partial charge in [-0.1, -0.05) is 19.3 Å². The number of nitro benzene ring substituents is 1. The zero-order valence-electron chi connectivity index (χ0n) is 18.3. The van der Waals surface area contributed by atoms with Gasteiger partial charge in [-0.05, 0) is 49.2 Å². The maximum absolute atomic E-state index is 12.5. The molecule has 1 aliphatic rings. The van der Waals surface area contributed by atoms with E-state index in [0.717, 1.165) is 56.4 Å². The van der Waals surface area contributed by atoms with Crippen molar-refractivity contribution in [1.82, 2.24) is 9.44 Å². The minimum atomic E-state index is -3.93. The molecule has 0 heterocycles. The van der Waals surface area contributed by atoms with Crippen molar-refractivity contribution in [1.29, 1.82) is 0 Å². The number of sulfonamides is 2. The lowest BCUT2D eigenvalue weighted by Crippen LogP contribution is -2.36. The van der Waals surface area contributed by atoms with Crippen LogP contribution >= 0.6 is 0 Å². The zero-order chi connectivity index (χ0) is 24.8. The number of benzene rings is 2. The first-order chi connectivity index (χ1) is 16.1. The minimum Gasteiger partial charge on any atom is -0.326 e. The Morgan fingerprint density at radius 3 is 2.03 bits per heavy atom. The van der Waals surface area contributed by atoms with E-state index in [4.69, 9.17) is 0 Å². The molecule has 2 aromatic rings. The van der Waals surface area contributed by atoms with Gasteiger partial charge in [0, 0.05) is 36.8 Å². The first-order valence-corrected chi connectivity index (χ1v) is 13.7. The van der Waals surface area contributed by atoms with Gasteiger partial charge in [0.1, 0.15) is 0 Å². The molecule has 1 saturated carbocycles. The van der Waals surface area contributed by atoms with Crippen LogP contribution in [-0.2, 0) is 24.8 Å². The highest BCUT2D eigenvalue weighted by molar-refractivity contribution is 7.89. The molecule has 0 aromatic heterocycles. The number of rotatable bonds is 10. The third-order valence-corrected chi connectivity index (χ3v) is 8.39. The molecule has 1 aliphatic carbocycles. The molecule has 3 rings (SSSR count). The van der Waals surface area contributed by atoms with Crippen molar-refractivity contribution in [2.45, 2.75) is 54.4 Å². The van der Waals surface area contributed by atoms with Crippen LogP contribution < -0.4 is 14.8 Å². The second-order valence-corrected chi connectivity index (χ2v) is 11.4. The molecule has 0 aliphatic heterocycles. The summed E-state index contributed by atoms with van der Waals surface area (Å²) in [5, 5.41) is 13.3. The average Bonchev–Trinajstić information content (AvgIpc) is 2.80. The van der Waals surface area contributed by atoms with E-state index in [0.29, 0.717) is 5.69 Å². The maximum atomic E-state index is 12.5. The number of hydrogen-bond donors (Lipinski definition) is 3. The van der Waals surface area contributed by atoms with Crippen LogP contribution in [0.1, 0.15) is 38.5 Å². The second kappa shape index (κ2) is 11.0. The van der Waals surface area contributed by atoms with Gasteiger partial charge in [-0.2, -0.15) is 0 Å². The Morgan fingerprint density at radius 2 is 1.44 bits per heavy atom. The Balaban J connectivity index is 1.49. The number of hydrogen-bond acceptors (Lipinski definition) is 7. The van der Waals surface area contributed by atoms with Crippen molar-refractivity contribution in [2.75, 3.05) is 11.9 Å². The summed E-state index contributed by atoms with van der Waals surface area (Å²) in [5.74, 6) is -0.470. The number of carbonyl (C=O) groups is 1. The van der Waals surface area contributed by atoms with Crippen LogP contribution in [0.5, 0.6) is 0 Å². The van der Waals surface area contributed by atoms with E-state index in [2.05, 4.69) is 14.8 Å². The van der Waals surface area contributed by atoms with E-state index in [1.165, 1.54) is 24.3 Å². The fourth-order valence-electron chi connectivity index (χ4n) is 3.58. The molecule has 3 N–H and O–H groups in total. The molecule has 0 radical (unpaired) electrons. The maximum Gasteiger partial charge on any atom is 0.269 e. The van der Waals surface area contributed by atoms with Crippen molar-refractivity contribution in [3.63, 3.8) is 0 Å². The van der Waals surface area contributed by atoms with Gasteiger partial charge in [0.15, 0.2) is 0 Å². The van der Waals surface area contributed by atoms with E-state index >= 15 is 0 Å². The zero-order valence-corrected chi connectivity index (χ0v) is 19.9. The highest BCUT2D eigenvalue weighted by atomic mass is 32.2. The largest absolute Gasteiger partial charge is 0.326 e. The van der Waals surface area contributed by atoms with Crippen LogP contribution in [0, 0.1) is 10.1 Å². The lowest BCUT2D eigenvalue weighted by Gasteiger charge is -2.22. The highest BCUT2D eigenvalue weighted by Crippen LogP contribution is 2.21. The summed E-state index contributed by atoms with van der Waals surface area (Å²) in [5.41, 5.74) is 0.141. The lowest BCUT2D eigenvalue weighted by molar-refractivity contribution is -0.384. The fourth-order valence-corrected chi connectivity index (χ4v) is 5.91. The predicted octanol–water partition coefficient (Wildman–Crippen LogP) is 2.51. The van der Waals surface area contributed by atoms with Gasteiger partial charge in [-0.3, -0.25) is 14.9 Å². The SMILES string of the molecule is O=C(CCNS(=O)(=O)c1ccc([N+](=O)[O-])cc1)Nc1ccc(S(=O)(=O)NC2CCCCC2)cc1. The van der Waals surface area contributed by atoms with Crippen LogP contribution in [0.2, 0.25) is 0 Å². The molecule has 1 fully saturated rings. The standard InChI is InChI=1S/C21H26N4O7S2/c26-21(14-15-22-33(29,30)19-12-8-18(9-13-19)25(27)28)23-16-6-10-20(11-7-16)34(31,32)24-17-4-2-1-3-5-17/h6-13,17,22,24H,1-5,14-15H2,(H,23,26). The quantitative estimate of drug-likeness (QED) is 0.326. The van der Waals surface area contributed by atoms with Gasteiger partial charge >= 0.3 is 0 Å². The van der Waals surface area contributed by atoms with Crippen LogP contribution in [0.25, 0.3) is 0 Å². The molecule has 0 spiro atoms. The number of nitrogens with zero attached hydrogens (tertiary/aromatic N) is 1. The molecular weight excluding hydrogens is 484 g/mol. The summed E-state index contributed by atoms with van der Waals surface area (Å²) in [6.45, 7) is -0.192. The molecule has 0 atom stereocenters. The molecule has 13 heteroatoms. The molecule has 0 unspecified atom stereocenters. The first kappa shape index (κ1) is 25.7. The van der Waals surface area contributed by atoms with E-state index < -0.39 is 30.9 Å². The van der Waals surface area contributed by atoms with Gasteiger partial charge in [-0.25, -0.2) is 26.3 Å². The average molecular weight is 511 g/mol. The topological polar surface area (TPSA) is 165 Å². The summed E-state index contributed by atoms with van der Waals surface area (Å²) in [7, 11) is -7.58. The van der Waals surface area contributed by atoms with Crippen LogP contribution in [-0.4, -0.2) is 40.3 Å². The fraction of sp³-hybridized carbons (Fsp3) is 0.381. The normalized spacial score (nSPS) is 15.1. The smallest absolute Gasteiger partial charge is 0.269 e. The van der Waals surface area contributed by atoms with Gasteiger partial charge in [0.2, 0.25) is 26.0 Å². The Hall–Kier alpha value is -2.87. The Kier molecular flexibility index (Phi) is 8.36. The van der Waals surface area contributed by atoms with E-state index in [1.807, 2.05) is 0 Å². The number of nitrogens with one attached hydrogen (secondary N) is 3. The molecule has 184 valence electrons. The van der Waals surface area contributed by atoms with E-state index in [-0.39, 0.29) is 34.5 Å². The minimum absolute atomic E-state index is 0.0621. The number of carbonyl (C=O) groups excluding carboxylic acids is 1. The first-order valence-electron chi connectivity index (χ1n) is 10.7. The molecule has 0 bridgehead atoms. The molecular formula is C21H26N4O7S2. The van der Waals surface area contributed by atoms with Gasteiger partial charge in [0.25, 0.3) is 5.69 Å². The third kappa shape index (κ3) is 7.06. The molecule has 2 aromatic carbocycles. The number of anilines is 1. The molecule has 0 saturated heterocycles.